The first-order chi connectivity index (χ1) is 13.9. The highest BCUT2D eigenvalue weighted by atomic mass is 127. The Kier molecular flexibility index (Phi) is 11.3. The van der Waals surface area contributed by atoms with E-state index in [-0.39, 0.29) is 28.9 Å². The standard InChI is InChI=1S/C20H31N5O3S.HI/c1-5-16(6-2)19-12-17(28-25-19)14-24-20(22-7-3)23-13-15-8-10-18(11-9-15)29(26,27)21-4;/h8-12,16,21H,5-7,13-14H2,1-4H3,(H2,22,23,24);1H. The summed E-state index contributed by atoms with van der Waals surface area (Å²) >= 11 is 0. The summed E-state index contributed by atoms with van der Waals surface area (Å²) in [6.45, 7) is 7.92. The molecule has 1 aromatic carbocycles. The molecular formula is C20H32IN5O3S. The summed E-state index contributed by atoms with van der Waals surface area (Å²) in [5, 5.41) is 10.6. The summed E-state index contributed by atoms with van der Waals surface area (Å²) in [6.07, 6.45) is 2.07. The molecule has 0 aliphatic heterocycles. The van der Waals surface area contributed by atoms with Gasteiger partial charge in [-0.2, -0.15) is 0 Å². The predicted molar refractivity (Wildman–Crippen MR) is 130 cm³/mol. The van der Waals surface area contributed by atoms with Crippen LogP contribution in [-0.4, -0.2) is 33.1 Å². The van der Waals surface area contributed by atoms with Gasteiger partial charge in [0.05, 0.1) is 23.7 Å². The fourth-order valence-corrected chi connectivity index (χ4v) is 3.62. The van der Waals surface area contributed by atoms with E-state index in [1.807, 2.05) is 13.0 Å². The Balaban J connectivity index is 0.00000450. The van der Waals surface area contributed by atoms with E-state index in [0.29, 0.717) is 25.0 Å². The zero-order valence-corrected chi connectivity index (χ0v) is 21.1. The van der Waals surface area contributed by atoms with Crippen molar-refractivity contribution in [3.8, 4) is 0 Å². The Hall–Kier alpha value is -1.66. The van der Waals surface area contributed by atoms with E-state index in [4.69, 9.17) is 4.52 Å². The molecule has 30 heavy (non-hydrogen) atoms. The zero-order valence-electron chi connectivity index (χ0n) is 17.9. The number of guanidine groups is 1. The normalized spacial score (nSPS) is 12.0. The fourth-order valence-electron chi connectivity index (χ4n) is 2.89. The summed E-state index contributed by atoms with van der Waals surface area (Å²) in [5.41, 5.74) is 1.90. The van der Waals surface area contributed by atoms with Crippen molar-refractivity contribution in [1.29, 1.82) is 0 Å². The van der Waals surface area contributed by atoms with E-state index in [9.17, 15) is 8.42 Å². The summed E-state index contributed by atoms with van der Waals surface area (Å²) in [7, 11) is -2.04. The van der Waals surface area contributed by atoms with Crippen LogP contribution in [0.15, 0.2) is 44.7 Å². The molecule has 0 aliphatic carbocycles. The Labute approximate surface area is 196 Å². The van der Waals surface area contributed by atoms with Gasteiger partial charge < -0.3 is 15.2 Å². The van der Waals surface area contributed by atoms with Gasteiger partial charge in [0.1, 0.15) is 0 Å². The van der Waals surface area contributed by atoms with E-state index >= 15 is 0 Å². The highest BCUT2D eigenvalue weighted by Gasteiger charge is 2.13. The van der Waals surface area contributed by atoms with Gasteiger partial charge in [0.25, 0.3) is 0 Å². The SMILES string of the molecule is CCNC(=NCc1ccc(S(=O)(=O)NC)cc1)NCc1cc(C(CC)CC)no1.I. The average Bonchev–Trinajstić information content (AvgIpc) is 3.20. The first-order valence-corrected chi connectivity index (χ1v) is 11.4. The summed E-state index contributed by atoms with van der Waals surface area (Å²) < 4.78 is 31.3. The minimum absolute atomic E-state index is 0. The predicted octanol–water partition coefficient (Wildman–Crippen LogP) is 3.36. The van der Waals surface area contributed by atoms with Gasteiger partial charge in [0.2, 0.25) is 10.0 Å². The lowest BCUT2D eigenvalue weighted by Gasteiger charge is -2.10. The molecule has 1 aromatic heterocycles. The maximum atomic E-state index is 11.8. The van der Waals surface area contributed by atoms with Gasteiger partial charge in [0, 0.05) is 18.5 Å². The van der Waals surface area contributed by atoms with Crippen molar-refractivity contribution in [2.45, 2.75) is 57.5 Å². The quantitative estimate of drug-likeness (QED) is 0.238. The van der Waals surface area contributed by atoms with Crippen molar-refractivity contribution in [2.75, 3.05) is 13.6 Å². The maximum Gasteiger partial charge on any atom is 0.240 e. The molecule has 168 valence electrons. The second-order valence-corrected chi connectivity index (χ2v) is 8.52. The molecule has 10 heteroatoms. The van der Waals surface area contributed by atoms with E-state index in [2.05, 4.69) is 39.4 Å². The molecule has 0 bridgehead atoms. The molecule has 2 rings (SSSR count). The van der Waals surface area contributed by atoms with Crippen molar-refractivity contribution < 1.29 is 12.9 Å². The van der Waals surface area contributed by atoms with Crippen molar-refractivity contribution in [3.05, 3.63) is 47.3 Å². The Morgan fingerprint density at radius 3 is 2.37 bits per heavy atom. The van der Waals surface area contributed by atoms with Crippen LogP contribution in [-0.2, 0) is 23.1 Å². The number of hydrogen-bond acceptors (Lipinski definition) is 5. The zero-order chi connectivity index (χ0) is 21.3. The molecule has 0 radical (unpaired) electrons. The van der Waals surface area contributed by atoms with E-state index < -0.39 is 10.0 Å². The van der Waals surface area contributed by atoms with Crippen LogP contribution in [0.4, 0.5) is 0 Å². The lowest BCUT2D eigenvalue weighted by atomic mass is 9.99. The number of halogens is 1. The number of aromatic nitrogens is 1. The number of rotatable bonds is 10. The minimum Gasteiger partial charge on any atom is -0.359 e. The maximum absolute atomic E-state index is 11.8. The molecule has 0 amide bonds. The monoisotopic (exact) mass is 549 g/mol. The molecule has 0 atom stereocenters. The first kappa shape index (κ1) is 26.4. The van der Waals surface area contributed by atoms with Gasteiger partial charge in [-0.1, -0.05) is 31.1 Å². The molecule has 3 N–H and O–H groups in total. The molecule has 0 aliphatic rings. The van der Waals surface area contributed by atoms with Gasteiger partial charge in [-0.15, -0.1) is 24.0 Å². The van der Waals surface area contributed by atoms with Crippen LogP contribution in [0.1, 0.15) is 56.5 Å². The highest BCUT2D eigenvalue weighted by molar-refractivity contribution is 14.0. The Morgan fingerprint density at radius 2 is 1.80 bits per heavy atom. The third-order valence-electron chi connectivity index (χ3n) is 4.68. The van der Waals surface area contributed by atoms with Crippen molar-refractivity contribution in [1.82, 2.24) is 20.5 Å². The summed E-state index contributed by atoms with van der Waals surface area (Å²) in [4.78, 5) is 4.79. The van der Waals surface area contributed by atoms with Gasteiger partial charge >= 0.3 is 0 Å². The largest absolute Gasteiger partial charge is 0.359 e. The van der Waals surface area contributed by atoms with E-state index in [1.165, 1.54) is 7.05 Å². The number of nitrogens with one attached hydrogen (secondary N) is 3. The smallest absolute Gasteiger partial charge is 0.240 e. The summed E-state index contributed by atoms with van der Waals surface area (Å²) in [5.74, 6) is 1.84. The molecule has 0 saturated heterocycles. The lowest BCUT2D eigenvalue weighted by molar-refractivity contribution is 0.368. The van der Waals surface area contributed by atoms with Crippen LogP contribution >= 0.6 is 24.0 Å². The first-order valence-electron chi connectivity index (χ1n) is 9.93. The molecule has 0 unspecified atom stereocenters. The van der Waals surface area contributed by atoms with Crippen molar-refractivity contribution in [2.24, 2.45) is 4.99 Å². The highest BCUT2D eigenvalue weighted by Crippen LogP contribution is 2.22. The van der Waals surface area contributed by atoms with E-state index in [1.54, 1.807) is 24.3 Å². The molecule has 2 aromatic rings. The molecule has 0 saturated carbocycles. The number of sulfonamides is 1. The van der Waals surface area contributed by atoms with E-state index in [0.717, 1.165) is 36.4 Å². The van der Waals surface area contributed by atoms with Gasteiger partial charge in [0.15, 0.2) is 11.7 Å². The van der Waals surface area contributed by atoms with Crippen molar-refractivity contribution >= 4 is 40.0 Å². The van der Waals surface area contributed by atoms with Crippen LogP contribution in [0.3, 0.4) is 0 Å². The third kappa shape index (κ3) is 7.55. The molecule has 0 fully saturated rings. The van der Waals surface area contributed by atoms with Crippen LogP contribution in [0.5, 0.6) is 0 Å². The molecule has 8 nitrogen and oxygen atoms in total. The molecular weight excluding hydrogens is 517 g/mol. The fraction of sp³-hybridized carbons (Fsp3) is 0.500. The topological polar surface area (TPSA) is 109 Å². The Morgan fingerprint density at radius 1 is 1.13 bits per heavy atom. The third-order valence-corrected chi connectivity index (χ3v) is 6.11. The van der Waals surface area contributed by atoms with Crippen LogP contribution < -0.4 is 15.4 Å². The number of aliphatic imine (C=N–C) groups is 1. The van der Waals surface area contributed by atoms with Gasteiger partial charge in [-0.25, -0.2) is 18.1 Å². The Bertz CT molecular complexity index is 893. The van der Waals surface area contributed by atoms with Crippen LogP contribution in [0.2, 0.25) is 0 Å². The second-order valence-electron chi connectivity index (χ2n) is 6.63. The lowest BCUT2D eigenvalue weighted by Crippen LogP contribution is -2.36. The van der Waals surface area contributed by atoms with Gasteiger partial charge in [-0.05, 0) is 44.5 Å². The summed E-state index contributed by atoms with van der Waals surface area (Å²) in [6, 6.07) is 8.66. The second kappa shape index (κ2) is 12.9. The van der Waals surface area contributed by atoms with Crippen LogP contribution in [0.25, 0.3) is 0 Å². The number of hydrogen-bond donors (Lipinski definition) is 3. The number of benzene rings is 1. The van der Waals surface area contributed by atoms with Crippen molar-refractivity contribution in [3.63, 3.8) is 0 Å². The number of nitrogens with zero attached hydrogens (tertiary/aromatic N) is 2. The average molecular weight is 549 g/mol. The molecule has 0 spiro atoms. The minimum atomic E-state index is -3.43. The molecule has 1 heterocycles. The van der Waals surface area contributed by atoms with Gasteiger partial charge in [-0.3, -0.25) is 0 Å². The van der Waals surface area contributed by atoms with Crippen LogP contribution in [0, 0.1) is 0 Å².